The molecule has 3 aromatic rings. The number of nitrogens with zero attached hydrogens (tertiary/aromatic N) is 5. The molecule has 248 valence electrons. The standard InChI is InChI=1S/C29H19N7O11S2/c30-23-20(49(45,46)47)12-18(21-22(23)25(38)16-4-2-1-3-15(16)24(21)37)31-14-5-6-19(48(42,43)44)17(11-14)32-27-33-28(35-29(41)34-27)36-9-7-13(8-10-36)26(39)40/h1-12,30H,(H6-,32,33,34,35,39,40,41,42,43,44,45,46,47)/p+1. The van der Waals surface area contributed by atoms with Crippen LogP contribution in [0, 0.1) is 15.8 Å². The summed E-state index contributed by atoms with van der Waals surface area (Å²) in [6, 6.07) is 8.63. The number of nitrogens with one attached hydrogen (secondary N) is 2. The number of benzene rings is 2. The molecule has 0 bridgehead atoms. The van der Waals surface area contributed by atoms with Gasteiger partial charge >= 0.3 is 10.5 Å². The maximum atomic E-state index is 13.6. The minimum atomic E-state index is -4.97. The third-order valence-corrected chi connectivity index (χ3v) is 8.88. The number of aromatic hydroxyl groups is 1. The minimum absolute atomic E-state index is 0.0396. The van der Waals surface area contributed by atoms with Crippen molar-refractivity contribution in [3.63, 3.8) is 0 Å². The van der Waals surface area contributed by atoms with Gasteiger partial charge in [0.2, 0.25) is 5.95 Å². The number of aromatic nitrogens is 3. The Labute approximate surface area is 272 Å². The molecule has 0 atom stereocenters. The van der Waals surface area contributed by atoms with E-state index in [0.717, 1.165) is 24.3 Å². The molecule has 0 fully saturated rings. The van der Waals surface area contributed by atoms with Crippen LogP contribution in [-0.2, 0) is 24.8 Å². The predicted octanol–water partition coefficient (Wildman–Crippen LogP) is 1.15. The number of hydrogen-bond acceptors (Lipinski definition) is 14. The molecule has 20 heteroatoms. The van der Waals surface area contributed by atoms with Crippen LogP contribution in [0.2, 0.25) is 0 Å². The van der Waals surface area contributed by atoms with E-state index in [1.165, 1.54) is 53.7 Å². The SMILES string of the molecule is N=c1c([S+](=O)(O)O)cc(=Nc2ccc(S(=O)(=O)O)c(N=c3nc(O)[nH]c(N4C=CC(=C(O)O)C=C4)n3)c2)c2c(=O)c3ccccc3c(=O)c1=2. The number of H-pyrrole nitrogens is 1. The number of anilines is 1. The van der Waals surface area contributed by atoms with E-state index in [4.69, 9.17) is 5.41 Å². The van der Waals surface area contributed by atoms with Crippen LogP contribution in [0.1, 0.15) is 0 Å². The molecule has 2 aliphatic carbocycles. The van der Waals surface area contributed by atoms with E-state index in [2.05, 4.69) is 24.9 Å². The van der Waals surface area contributed by atoms with Crippen molar-refractivity contribution in [1.29, 1.82) is 5.41 Å². The lowest BCUT2D eigenvalue weighted by molar-refractivity contribution is 0.188. The van der Waals surface area contributed by atoms with Gasteiger partial charge in [-0.15, -0.1) is 0 Å². The van der Waals surface area contributed by atoms with Gasteiger partial charge in [-0.25, -0.2) is 9.98 Å². The van der Waals surface area contributed by atoms with E-state index >= 15 is 0 Å². The lowest BCUT2D eigenvalue weighted by Crippen LogP contribution is -2.33. The molecule has 0 radical (unpaired) electrons. The summed E-state index contributed by atoms with van der Waals surface area (Å²) in [5, 5.41) is 34.7. The third kappa shape index (κ3) is 6.15. The van der Waals surface area contributed by atoms with Crippen molar-refractivity contribution in [3.8, 4) is 6.01 Å². The van der Waals surface area contributed by atoms with Crippen molar-refractivity contribution in [3.05, 3.63) is 132 Å². The van der Waals surface area contributed by atoms with Crippen LogP contribution >= 0.6 is 0 Å². The van der Waals surface area contributed by atoms with Gasteiger partial charge in [0, 0.05) is 29.2 Å². The first kappa shape index (κ1) is 32.7. The summed E-state index contributed by atoms with van der Waals surface area (Å²) in [5.74, 6) is -1.07. The Kier molecular flexibility index (Phi) is 7.89. The van der Waals surface area contributed by atoms with Crippen molar-refractivity contribution in [2.75, 3.05) is 4.90 Å². The first-order valence-electron chi connectivity index (χ1n) is 13.5. The van der Waals surface area contributed by atoms with Gasteiger partial charge in [0.1, 0.15) is 10.3 Å². The Balaban J connectivity index is 1.63. The van der Waals surface area contributed by atoms with Crippen molar-refractivity contribution < 1.29 is 41.6 Å². The molecule has 1 aromatic heterocycles. The van der Waals surface area contributed by atoms with Crippen molar-refractivity contribution in [1.82, 2.24) is 15.0 Å². The summed E-state index contributed by atoms with van der Waals surface area (Å²) in [4.78, 5) is 45.2. The molecule has 49 heavy (non-hydrogen) atoms. The topological polar surface area (TPSA) is 300 Å². The second kappa shape index (κ2) is 11.8. The normalized spacial score (nSPS) is 14.3. The first-order valence-corrected chi connectivity index (χ1v) is 16.4. The molecule has 0 spiro atoms. The molecule has 6 rings (SSSR count). The van der Waals surface area contributed by atoms with Crippen LogP contribution in [0.3, 0.4) is 0 Å². The van der Waals surface area contributed by atoms with Gasteiger partial charge in [0.15, 0.2) is 10.9 Å². The number of fused-ring (bicyclic) bond motifs is 1. The summed E-state index contributed by atoms with van der Waals surface area (Å²) in [7, 11) is -9.84. The van der Waals surface area contributed by atoms with Gasteiger partial charge in [0.05, 0.1) is 32.7 Å². The Morgan fingerprint density at radius 3 is 2.14 bits per heavy atom. The van der Waals surface area contributed by atoms with E-state index in [1.807, 2.05) is 0 Å². The molecule has 2 aromatic carbocycles. The number of hydrogen-bond donors (Lipinski definition) is 8. The molecule has 0 saturated carbocycles. The van der Waals surface area contributed by atoms with E-state index in [9.17, 15) is 51.2 Å². The summed E-state index contributed by atoms with van der Waals surface area (Å²) in [5.41, 5.74) is -2.83. The molecule has 3 aliphatic rings. The summed E-state index contributed by atoms with van der Waals surface area (Å²) >= 11 is 0. The fourth-order valence-electron chi connectivity index (χ4n) is 4.94. The van der Waals surface area contributed by atoms with Crippen LogP contribution in [0.5, 0.6) is 6.01 Å². The number of aromatic amines is 1. The lowest BCUT2D eigenvalue weighted by Gasteiger charge is -2.17. The largest absolute Gasteiger partial charge is 0.481 e. The Hall–Kier alpha value is -6.19. The number of rotatable bonds is 5. The molecule has 0 amide bonds. The molecule has 18 nitrogen and oxygen atoms in total. The Morgan fingerprint density at radius 1 is 0.918 bits per heavy atom. The van der Waals surface area contributed by atoms with E-state index in [0.29, 0.717) is 0 Å². The third-order valence-electron chi connectivity index (χ3n) is 7.09. The van der Waals surface area contributed by atoms with Gasteiger partial charge in [0.25, 0.3) is 32.6 Å². The van der Waals surface area contributed by atoms with Crippen LogP contribution in [0.25, 0.3) is 10.8 Å². The molecular weight excluding hydrogens is 686 g/mol. The van der Waals surface area contributed by atoms with Gasteiger partial charge in [-0.05, 0) is 34.6 Å². The zero-order valence-electron chi connectivity index (χ0n) is 24.2. The highest BCUT2D eigenvalue weighted by Gasteiger charge is 2.30. The van der Waals surface area contributed by atoms with Gasteiger partial charge in [-0.1, -0.05) is 24.3 Å². The highest BCUT2D eigenvalue weighted by molar-refractivity contribution is 7.92. The highest BCUT2D eigenvalue weighted by Crippen LogP contribution is 2.29. The van der Waals surface area contributed by atoms with E-state index in [1.54, 1.807) is 0 Å². The zero-order chi connectivity index (χ0) is 35.4. The molecule has 1 aliphatic heterocycles. The van der Waals surface area contributed by atoms with Crippen molar-refractivity contribution >= 4 is 48.7 Å². The van der Waals surface area contributed by atoms with Gasteiger partial charge in [-0.3, -0.25) is 29.4 Å². The first-order chi connectivity index (χ1) is 23.0. The number of allylic oxidation sites excluding steroid dienone is 3. The highest BCUT2D eigenvalue weighted by atomic mass is 32.3. The molecule has 0 unspecified atom stereocenters. The van der Waals surface area contributed by atoms with Crippen LogP contribution in [0.15, 0.2) is 114 Å². The maximum Gasteiger partial charge on any atom is 0.388 e. The summed E-state index contributed by atoms with van der Waals surface area (Å²) < 4.78 is 66.7. The molecular formula is C29H20N7O11S2+. The van der Waals surface area contributed by atoms with Crippen molar-refractivity contribution in [2.45, 2.75) is 9.79 Å². The second-order valence-corrected chi connectivity index (χ2v) is 13.0. The number of aliphatic hydroxyl groups excluding tert-OH is 1. The Bertz CT molecular complexity index is 2850. The van der Waals surface area contributed by atoms with Crippen molar-refractivity contribution in [2.24, 2.45) is 9.98 Å². The second-order valence-electron chi connectivity index (χ2n) is 10.2. The average Bonchev–Trinajstić information content (AvgIpc) is 3.03. The zero-order valence-corrected chi connectivity index (χ0v) is 25.8. The van der Waals surface area contributed by atoms with Gasteiger partial charge in [-0.2, -0.15) is 27.5 Å². The predicted molar refractivity (Wildman–Crippen MR) is 169 cm³/mol. The lowest BCUT2D eigenvalue weighted by atomic mass is 10.0. The molecule has 0 saturated heterocycles. The number of aliphatic hydroxyl groups is 2. The maximum absolute atomic E-state index is 13.6. The monoisotopic (exact) mass is 706 g/mol. The van der Waals surface area contributed by atoms with Crippen LogP contribution in [-0.4, -0.2) is 52.3 Å². The Morgan fingerprint density at radius 2 is 1.55 bits per heavy atom. The summed E-state index contributed by atoms with van der Waals surface area (Å²) in [6.45, 7) is 0. The summed E-state index contributed by atoms with van der Waals surface area (Å²) in [6.07, 6.45) is 5.23. The fourth-order valence-corrected chi connectivity index (χ4v) is 6.18. The van der Waals surface area contributed by atoms with Gasteiger partial charge < -0.3 is 15.3 Å². The van der Waals surface area contributed by atoms with E-state index in [-0.39, 0.29) is 28.0 Å². The van der Waals surface area contributed by atoms with Crippen LogP contribution < -0.4 is 32.1 Å². The fraction of sp³-hybridized carbons (Fsp3) is 0. The smallest absolute Gasteiger partial charge is 0.388 e. The minimum Gasteiger partial charge on any atom is -0.481 e. The molecule has 2 heterocycles. The average molecular weight is 707 g/mol. The van der Waals surface area contributed by atoms with E-state index < -0.39 is 85.7 Å². The van der Waals surface area contributed by atoms with Crippen LogP contribution in [0.4, 0.5) is 17.3 Å². The quantitative estimate of drug-likeness (QED) is 0.0723. The molecule has 8 N–H and O–H groups in total.